The van der Waals surface area contributed by atoms with Crippen molar-refractivity contribution in [2.75, 3.05) is 5.43 Å². The molecule has 0 saturated heterocycles. The molecule has 6 nitrogen and oxygen atoms in total. The summed E-state index contributed by atoms with van der Waals surface area (Å²) in [7, 11) is 0. The van der Waals surface area contributed by atoms with Gasteiger partial charge in [-0.05, 0) is 30.9 Å². The molecule has 1 aliphatic rings. The Bertz CT molecular complexity index is 719. The van der Waals surface area contributed by atoms with Crippen LogP contribution in [0.1, 0.15) is 23.2 Å². The third-order valence-electron chi connectivity index (χ3n) is 3.38. The molecule has 3 rings (SSSR count). The van der Waals surface area contributed by atoms with Gasteiger partial charge in [-0.3, -0.25) is 9.78 Å². The molecule has 102 valence electrons. The Morgan fingerprint density at radius 3 is 2.80 bits per heavy atom. The van der Waals surface area contributed by atoms with E-state index in [0.717, 1.165) is 25.0 Å². The normalized spacial score (nSPS) is 15.9. The van der Waals surface area contributed by atoms with E-state index in [4.69, 9.17) is 0 Å². The van der Waals surface area contributed by atoms with Crippen molar-refractivity contribution in [2.24, 2.45) is 5.10 Å². The van der Waals surface area contributed by atoms with Crippen LogP contribution in [-0.2, 0) is 12.8 Å². The molecule has 0 atom stereocenters. The number of fused-ring (bicyclic) bond motifs is 1. The van der Waals surface area contributed by atoms with Gasteiger partial charge in [-0.1, -0.05) is 24.3 Å². The zero-order valence-electron chi connectivity index (χ0n) is 11.2. The fraction of sp³-hybridized carbons (Fsp3) is 0.286. The van der Waals surface area contributed by atoms with Crippen LogP contribution in [0.4, 0.5) is 5.95 Å². The van der Waals surface area contributed by atoms with Gasteiger partial charge in [-0.15, -0.1) is 10.2 Å². The molecule has 20 heavy (non-hydrogen) atoms. The van der Waals surface area contributed by atoms with Crippen LogP contribution in [0.5, 0.6) is 0 Å². The topological polar surface area (TPSA) is 83.0 Å². The van der Waals surface area contributed by atoms with Crippen LogP contribution in [0.15, 0.2) is 34.2 Å². The quantitative estimate of drug-likeness (QED) is 0.808. The predicted octanol–water partition coefficient (Wildman–Crippen LogP) is 1.43. The number of nitrogens with zero attached hydrogens (tertiary/aromatic N) is 3. The van der Waals surface area contributed by atoms with Crippen molar-refractivity contribution in [2.45, 2.75) is 26.2 Å². The summed E-state index contributed by atoms with van der Waals surface area (Å²) in [4.78, 5) is 14.0. The van der Waals surface area contributed by atoms with Gasteiger partial charge in [0.2, 0.25) is 5.95 Å². The Balaban J connectivity index is 1.74. The predicted molar refractivity (Wildman–Crippen MR) is 76.9 cm³/mol. The molecule has 1 heterocycles. The van der Waals surface area contributed by atoms with E-state index in [-0.39, 0.29) is 11.5 Å². The molecule has 1 aliphatic carbocycles. The van der Waals surface area contributed by atoms with E-state index in [9.17, 15) is 4.79 Å². The van der Waals surface area contributed by atoms with Crippen molar-refractivity contribution in [3.63, 3.8) is 0 Å². The molecule has 0 saturated carbocycles. The van der Waals surface area contributed by atoms with Crippen molar-refractivity contribution in [3.05, 3.63) is 51.4 Å². The second-order valence-electron chi connectivity index (χ2n) is 4.82. The summed E-state index contributed by atoms with van der Waals surface area (Å²) in [5.74, 6) is 0.270. The van der Waals surface area contributed by atoms with Crippen molar-refractivity contribution in [1.29, 1.82) is 0 Å². The van der Waals surface area contributed by atoms with E-state index in [2.05, 4.69) is 43.9 Å². The van der Waals surface area contributed by atoms with Crippen molar-refractivity contribution in [3.8, 4) is 0 Å². The summed E-state index contributed by atoms with van der Waals surface area (Å²) < 4.78 is 0. The van der Waals surface area contributed by atoms with Crippen LogP contribution in [0.2, 0.25) is 0 Å². The number of nitrogens with one attached hydrogen (secondary N) is 2. The number of H-pyrrole nitrogens is 1. The molecule has 0 bridgehead atoms. The lowest BCUT2D eigenvalue weighted by molar-refractivity contribution is 0.890. The molecular weight excluding hydrogens is 254 g/mol. The molecule has 0 spiro atoms. The van der Waals surface area contributed by atoms with Gasteiger partial charge in [0.1, 0.15) is 5.69 Å². The molecular formula is C14H15N5O. The van der Waals surface area contributed by atoms with Crippen LogP contribution in [0, 0.1) is 6.92 Å². The number of hydrogen-bond donors (Lipinski definition) is 2. The monoisotopic (exact) mass is 269 g/mol. The zero-order chi connectivity index (χ0) is 13.9. The summed E-state index contributed by atoms with van der Waals surface area (Å²) in [5.41, 5.74) is 6.60. The lowest BCUT2D eigenvalue weighted by atomic mass is 9.90. The maximum absolute atomic E-state index is 11.4. The Morgan fingerprint density at radius 2 is 2.00 bits per heavy atom. The van der Waals surface area contributed by atoms with E-state index < -0.39 is 0 Å². The smallest absolute Gasteiger partial charge is 0.274 e. The molecule has 1 aromatic carbocycles. The Hall–Kier alpha value is -2.50. The summed E-state index contributed by atoms with van der Waals surface area (Å²) in [6.45, 7) is 1.61. The van der Waals surface area contributed by atoms with Gasteiger partial charge in [0, 0.05) is 12.1 Å². The molecule has 1 aromatic heterocycles. The van der Waals surface area contributed by atoms with Crippen LogP contribution in [0.25, 0.3) is 0 Å². The number of aromatic nitrogens is 3. The number of aryl methyl sites for hydroxylation is 2. The number of rotatable bonds is 2. The SMILES string of the molecule is Cc1nnc(N/N=C2\CCc3ccccc3C2)[nH]c1=O. The van der Waals surface area contributed by atoms with E-state index >= 15 is 0 Å². The third kappa shape index (κ3) is 2.59. The van der Waals surface area contributed by atoms with Crippen molar-refractivity contribution < 1.29 is 0 Å². The number of benzene rings is 1. The van der Waals surface area contributed by atoms with Crippen LogP contribution in [-0.4, -0.2) is 20.9 Å². The highest BCUT2D eigenvalue weighted by Crippen LogP contribution is 2.19. The first-order valence-electron chi connectivity index (χ1n) is 6.54. The maximum Gasteiger partial charge on any atom is 0.274 e. The summed E-state index contributed by atoms with van der Waals surface area (Å²) in [6, 6.07) is 8.38. The zero-order valence-corrected chi connectivity index (χ0v) is 11.2. The first-order valence-corrected chi connectivity index (χ1v) is 6.54. The van der Waals surface area contributed by atoms with E-state index in [0.29, 0.717) is 5.69 Å². The van der Waals surface area contributed by atoms with Gasteiger partial charge in [0.05, 0.1) is 0 Å². The van der Waals surface area contributed by atoms with Crippen LogP contribution < -0.4 is 11.0 Å². The van der Waals surface area contributed by atoms with E-state index in [1.54, 1.807) is 6.92 Å². The number of anilines is 1. The molecule has 0 aliphatic heterocycles. The Labute approximate surface area is 116 Å². The van der Waals surface area contributed by atoms with Gasteiger partial charge >= 0.3 is 0 Å². The second-order valence-corrected chi connectivity index (χ2v) is 4.82. The fourth-order valence-electron chi connectivity index (χ4n) is 2.23. The number of aromatic amines is 1. The summed E-state index contributed by atoms with van der Waals surface area (Å²) in [5, 5.41) is 11.9. The molecule has 2 aromatic rings. The fourth-order valence-corrected chi connectivity index (χ4v) is 2.23. The number of hydrogen-bond acceptors (Lipinski definition) is 5. The average Bonchev–Trinajstić information content (AvgIpc) is 2.48. The first-order chi connectivity index (χ1) is 9.72. The molecule has 0 fully saturated rings. The highest BCUT2D eigenvalue weighted by Gasteiger charge is 2.13. The lowest BCUT2D eigenvalue weighted by Crippen LogP contribution is -2.18. The van der Waals surface area contributed by atoms with Gasteiger partial charge in [-0.25, -0.2) is 5.43 Å². The van der Waals surface area contributed by atoms with Gasteiger partial charge in [0.15, 0.2) is 0 Å². The minimum atomic E-state index is -0.253. The molecule has 6 heteroatoms. The van der Waals surface area contributed by atoms with Gasteiger partial charge in [-0.2, -0.15) is 5.10 Å². The largest absolute Gasteiger partial charge is 0.288 e. The van der Waals surface area contributed by atoms with E-state index in [1.807, 2.05) is 6.07 Å². The maximum atomic E-state index is 11.4. The van der Waals surface area contributed by atoms with Crippen LogP contribution in [0.3, 0.4) is 0 Å². The summed E-state index contributed by atoms with van der Waals surface area (Å²) in [6.07, 6.45) is 2.73. The Kier molecular flexibility index (Phi) is 3.28. The second kappa shape index (κ2) is 5.24. The lowest BCUT2D eigenvalue weighted by Gasteiger charge is -2.17. The first kappa shape index (κ1) is 12.5. The average molecular weight is 269 g/mol. The van der Waals surface area contributed by atoms with Gasteiger partial charge in [0.25, 0.3) is 5.56 Å². The molecule has 0 amide bonds. The van der Waals surface area contributed by atoms with E-state index in [1.165, 1.54) is 11.1 Å². The Morgan fingerprint density at radius 1 is 1.20 bits per heavy atom. The molecule has 0 radical (unpaired) electrons. The minimum Gasteiger partial charge on any atom is -0.288 e. The molecule has 0 unspecified atom stereocenters. The molecule has 2 N–H and O–H groups in total. The minimum absolute atomic E-state index is 0.253. The van der Waals surface area contributed by atoms with Crippen molar-refractivity contribution >= 4 is 11.7 Å². The highest BCUT2D eigenvalue weighted by molar-refractivity contribution is 5.89. The van der Waals surface area contributed by atoms with Gasteiger partial charge < -0.3 is 0 Å². The van der Waals surface area contributed by atoms with Crippen LogP contribution >= 0.6 is 0 Å². The number of hydrazone groups is 1. The summed E-state index contributed by atoms with van der Waals surface area (Å²) >= 11 is 0. The third-order valence-corrected chi connectivity index (χ3v) is 3.38. The standard InChI is InChI=1S/C14H15N5O/c1-9-13(20)15-14(18-16-9)19-17-12-7-6-10-4-2-3-5-11(10)8-12/h2-5H,6-8H2,1H3,(H2,15,18,19,20)/b17-12+. The van der Waals surface area contributed by atoms with Crippen molar-refractivity contribution in [1.82, 2.24) is 15.2 Å². The highest BCUT2D eigenvalue weighted by atomic mass is 16.1.